The summed E-state index contributed by atoms with van der Waals surface area (Å²) < 4.78 is 42.0. The number of aliphatic hydroxyl groups is 1. The third-order valence-corrected chi connectivity index (χ3v) is 8.09. The fourth-order valence-corrected chi connectivity index (χ4v) is 6.22. The number of aliphatic hydroxyl groups excluding tert-OH is 1. The zero-order valence-corrected chi connectivity index (χ0v) is 25.3. The van der Waals surface area contributed by atoms with E-state index in [9.17, 15) is 23.1 Å². The maximum absolute atomic E-state index is 14.0. The Morgan fingerprint density at radius 1 is 1.05 bits per heavy atom. The van der Waals surface area contributed by atoms with Crippen LogP contribution < -0.4 is 10.3 Å². The minimum absolute atomic E-state index is 0.0193. The van der Waals surface area contributed by atoms with Gasteiger partial charge in [-0.2, -0.15) is 18.3 Å². The SMILES string of the molecule is CC(=O)NC1CCN(C)C1.Cc1cc(C)cc(C2=NN(c3ccccc3C(F)(F)F)C(=C3CC3)C3=C2CCN3CCO)c1. The number of likely N-dealkylation sites (N-methyl/N-ethyl adjacent to an activating group) is 1. The first kappa shape index (κ1) is 30.8. The standard InChI is InChI=1S/C26H26F3N3O.C7H14N2O/c1-16-13-17(2)15-19(14-16)23-20-9-10-31(11-12-33)25(20)24(18-7-8-18)32(30-23)22-6-4-3-5-21(22)26(27,28)29;1-6(10)8-7-3-4-9(2)5-7/h3-6,13-15,33H,7-12H2,1-2H3;7H,3-5H2,1-2H3,(H,8,10). The fraction of sp³-hybridized carbons (Fsp3) is 0.455. The number of halogens is 3. The van der Waals surface area contributed by atoms with Gasteiger partial charge in [0.15, 0.2) is 0 Å². The number of amides is 1. The molecule has 1 aliphatic carbocycles. The van der Waals surface area contributed by atoms with Crippen molar-refractivity contribution in [2.24, 2.45) is 5.10 Å². The first-order valence-electron chi connectivity index (χ1n) is 14.9. The average Bonchev–Trinajstić information content (AvgIpc) is 3.57. The topological polar surface area (TPSA) is 71.4 Å². The summed E-state index contributed by atoms with van der Waals surface area (Å²) in [7, 11) is 2.07. The quantitative estimate of drug-likeness (QED) is 0.486. The number of likely N-dealkylation sites (tertiary alicyclic amines) is 1. The summed E-state index contributed by atoms with van der Waals surface area (Å²) >= 11 is 0. The van der Waals surface area contributed by atoms with E-state index < -0.39 is 11.7 Å². The van der Waals surface area contributed by atoms with Crippen molar-refractivity contribution in [1.82, 2.24) is 15.1 Å². The molecule has 2 N–H and O–H groups in total. The second-order valence-electron chi connectivity index (χ2n) is 11.8. The van der Waals surface area contributed by atoms with Gasteiger partial charge >= 0.3 is 6.18 Å². The van der Waals surface area contributed by atoms with Gasteiger partial charge < -0.3 is 20.2 Å². The lowest BCUT2D eigenvalue weighted by atomic mass is 9.94. The third kappa shape index (κ3) is 6.96. The maximum atomic E-state index is 14.0. The third-order valence-electron chi connectivity index (χ3n) is 8.09. The van der Waals surface area contributed by atoms with Crippen LogP contribution >= 0.6 is 0 Å². The van der Waals surface area contributed by atoms with Gasteiger partial charge in [0.05, 0.1) is 35.0 Å². The molecule has 6 rings (SSSR count). The summed E-state index contributed by atoms with van der Waals surface area (Å²) in [5.41, 5.74) is 6.91. The first-order chi connectivity index (χ1) is 20.5. The van der Waals surface area contributed by atoms with Crippen LogP contribution in [0.2, 0.25) is 0 Å². The zero-order chi connectivity index (χ0) is 30.9. The van der Waals surface area contributed by atoms with Crippen LogP contribution in [-0.2, 0) is 11.0 Å². The van der Waals surface area contributed by atoms with E-state index in [1.807, 2.05) is 26.0 Å². The number of allylic oxidation sites excluding steroid dienone is 1. The molecule has 2 fully saturated rings. The first-order valence-corrected chi connectivity index (χ1v) is 14.9. The van der Waals surface area contributed by atoms with Gasteiger partial charge in [-0.1, -0.05) is 29.3 Å². The molecule has 3 heterocycles. The summed E-state index contributed by atoms with van der Waals surface area (Å²) in [4.78, 5) is 14.9. The molecule has 7 nitrogen and oxygen atoms in total. The number of aryl methyl sites for hydroxylation is 2. The molecular formula is C33H40F3N5O2. The highest BCUT2D eigenvalue weighted by atomic mass is 19.4. The summed E-state index contributed by atoms with van der Waals surface area (Å²) in [6.45, 7) is 8.81. The molecule has 43 heavy (non-hydrogen) atoms. The summed E-state index contributed by atoms with van der Waals surface area (Å²) in [6, 6.07) is 12.2. The zero-order valence-electron chi connectivity index (χ0n) is 25.3. The Bertz CT molecular complexity index is 1450. The number of anilines is 1. The predicted molar refractivity (Wildman–Crippen MR) is 163 cm³/mol. The lowest BCUT2D eigenvalue weighted by Crippen LogP contribution is -2.34. The van der Waals surface area contributed by atoms with Crippen molar-refractivity contribution in [1.29, 1.82) is 0 Å². The fourth-order valence-electron chi connectivity index (χ4n) is 6.22. The molecule has 1 amide bonds. The molecule has 230 valence electrons. The highest BCUT2D eigenvalue weighted by molar-refractivity contribution is 6.15. The molecule has 2 aromatic carbocycles. The molecule has 1 saturated carbocycles. The Kier molecular flexibility index (Phi) is 8.99. The number of rotatable bonds is 5. The van der Waals surface area contributed by atoms with Crippen LogP contribution in [0.4, 0.5) is 18.9 Å². The van der Waals surface area contributed by atoms with E-state index in [4.69, 9.17) is 5.10 Å². The largest absolute Gasteiger partial charge is 0.418 e. The van der Waals surface area contributed by atoms with E-state index in [1.165, 1.54) is 17.1 Å². The molecule has 1 atom stereocenters. The van der Waals surface area contributed by atoms with Crippen molar-refractivity contribution in [3.05, 3.63) is 87.3 Å². The van der Waals surface area contributed by atoms with Gasteiger partial charge in [-0.05, 0) is 83.0 Å². The molecule has 3 aliphatic heterocycles. The molecule has 0 aromatic heterocycles. The number of alkyl halides is 3. The second-order valence-corrected chi connectivity index (χ2v) is 11.8. The van der Waals surface area contributed by atoms with Crippen LogP contribution in [0.1, 0.15) is 54.9 Å². The molecule has 1 saturated heterocycles. The molecule has 2 aromatic rings. The lowest BCUT2D eigenvalue weighted by molar-refractivity contribution is -0.137. The van der Waals surface area contributed by atoms with Crippen LogP contribution in [0.3, 0.4) is 0 Å². The van der Waals surface area contributed by atoms with E-state index in [0.717, 1.165) is 84.1 Å². The van der Waals surface area contributed by atoms with Gasteiger partial charge in [0.2, 0.25) is 5.91 Å². The van der Waals surface area contributed by atoms with Crippen molar-refractivity contribution in [3.63, 3.8) is 0 Å². The summed E-state index contributed by atoms with van der Waals surface area (Å²) in [5.74, 6) is 0.0836. The predicted octanol–water partition coefficient (Wildman–Crippen LogP) is 5.37. The Balaban J connectivity index is 0.000000314. The van der Waals surface area contributed by atoms with Crippen LogP contribution in [0, 0.1) is 13.8 Å². The van der Waals surface area contributed by atoms with Crippen molar-refractivity contribution in [2.45, 2.75) is 58.7 Å². The molecule has 10 heteroatoms. The Hall–Kier alpha value is -3.63. The van der Waals surface area contributed by atoms with Crippen LogP contribution in [0.25, 0.3) is 0 Å². The minimum atomic E-state index is -4.50. The molecular weight excluding hydrogens is 555 g/mol. The van der Waals surface area contributed by atoms with Crippen molar-refractivity contribution in [3.8, 4) is 0 Å². The normalized spacial score (nSPS) is 20.2. The van der Waals surface area contributed by atoms with Crippen LogP contribution in [0.5, 0.6) is 0 Å². The number of nitrogens with zero attached hydrogens (tertiary/aromatic N) is 4. The Labute approximate surface area is 251 Å². The monoisotopic (exact) mass is 595 g/mol. The smallest absolute Gasteiger partial charge is 0.395 e. The number of carbonyl (C=O) groups excluding carboxylic acids is 1. The van der Waals surface area contributed by atoms with E-state index in [-0.39, 0.29) is 18.2 Å². The number of nitrogens with one attached hydrogen (secondary N) is 1. The van der Waals surface area contributed by atoms with Gasteiger partial charge in [-0.15, -0.1) is 0 Å². The number of benzene rings is 2. The molecule has 0 bridgehead atoms. The van der Waals surface area contributed by atoms with E-state index >= 15 is 0 Å². The Morgan fingerprint density at radius 3 is 2.33 bits per heavy atom. The van der Waals surface area contributed by atoms with Crippen molar-refractivity contribution in [2.75, 3.05) is 44.8 Å². The van der Waals surface area contributed by atoms with Gasteiger partial charge in [0, 0.05) is 43.7 Å². The number of para-hydroxylation sites is 1. The highest BCUT2D eigenvalue weighted by Crippen LogP contribution is 2.48. The number of hydrazone groups is 1. The van der Waals surface area contributed by atoms with Gasteiger partial charge in [0.1, 0.15) is 0 Å². The van der Waals surface area contributed by atoms with Gasteiger partial charge in [-0.3, -0.25) is 4.79 Å². The minimum Gasteiger partial charge on any atom is -0.395 e. The van der Waals surface area contributed by atoms with Crippen LogP contribution in [-0.4, -0.2) is 72.4 Å². The molecule has 0 spiro atoms. The lowest BCUT2D eigenvalue weighted by Gasteiger charge is -2.34. The second kappa shape index (κ2) is 12.5. The van der Waals surface area contributed by atoms with Gasteiger partial charge in [-0.25, -0.2) is 5.01 Å². The molecule has 4 aliphatic rings. The van der Waals surface area contributed by atoms with E-state index in [0.29, 0.717) is 24.8 Å². The van der Waals surface area contributed by atoms with Crippen molar-refractivity contribution < 1.29 is 23.1 Å². The Morgan fingerprint density at radius 2 is 1.74 bits per heavy atom. The number of carbonyl (C=O) groups is 1. The highest BCUT2D eigenvalue weighted by Gasteiger charge is 2.42. The molecule has 0 radical (unpaired) electrons. The summed E-state index contributed by atoms with van der Waals surface area (Å²) in [5, 5.41) is 19.0. The molecule has 1 unspecified atom stereocenters. The number of hydrogen-bond donors (Lipinski definition) is 2. The van der Waals surface area contributed by atoms with E-state index in [1.54, 1.807) is 13.0 Å². The number of β-amino-alcohol motifs (C(OH)–C–C–N with tert-alkyl or cyclic N) is 1. The summed E-state index contributed by atoms with van der Waals surface area (Å²) in [6.07, 6.45) is -0.972. The van der Waals surface area contributed by atoms with E-state index in [2.05, 4.69) is 28.2 Å². The maximum Gasteiger partial charge on any atom is 0.418 e. The van der Waals surface area contributed by atoms with Crippen molar-refractivity contribution >= 4 is 17.3 Å². The van der Waals surface area contributed by atoms with Gasteiger partial charge in [0.25, 0.3) is 0 Å². The average molecular weight is 596 g/mol. The van der Waals surface area contributed by atoms with Crippen LogP contribution in [0.15, 0.2) is 70.1 Å². The number of hydrogen-bond acceptors (Lipinski definition) is 6.